The van der Waals surface area contributed by atoms with Crippen LogP contribution in [-0.2, 0) is 0 Å². The van der Waals surface area contributed by atoms with E-state index >= 15 is 0 Å². The van der Waals surface area contributed by atoms with Gasteiger partial charge in [0.25, 0.3) is 0 Å². The van der Waals surface area contributed by atoms with Gasteiger partial charge < -0.3 is 15.8 Å². The molecule has 0 bridgehead atoms. The number of nitrogens with two attached hydrogens (primary N) is 1. The number of hydrogen-bond acceptors (Lipinski definition) is 5. The Hall–Kier alpha value is -1.82. The monoisotopic (exact) mass is 322 g/mol. The molecule has 2 rings (SSSR count). The average molecular weight is 323 g/mol. The number of rotatable bonds is 4. The van der Waals surface area contributed by atoms with Crippen molar-refractivity contribution >= 4 is 27.4 Å². The van der Waals surface area contributed by atoms with Crippen LogP contribution in [-0.4, -0.2) is 17.1 Å². The van der Waals surface area contributed by atoms with E-state index in [2.05, 4.69) is 31.2 Å². The zero-order valence-electron chi connectivity index (χ0n) is 10.7. The molecule has 100 valence electrons. The number of hydrogen-bond donors (Lipinski definition) is 2. The van der Waals surface area contributed by atoms with Crippen LogP contribution in [0.4, 0.5) is 11.5 Å². The number of nitrogen functional groups attached to an aromatic ring is 1. The molecule has 2 aromatic rings. The van der Waals surface area contributed by atoms with Crippen molar-refractivity contribution in [2.45, 2.75) is 13.0 Å². The van der Waals surface area contributed by atoms with Gasteiger partial charge in [-0.1, -0.05) is 28.1 Å². The second-order valence-electron chi connectivity index (χ2n) is 4.06. The van der Waals surface area contributed by atoms with Crippen molar-refractivity contribution in [3.8, 4) is 5.88 Å². The van der Waals surface area contributed by atoms with E-state index in [0.29, 0.717) is 17.4 Å². The second-order valence-corrected chi connectivity index (χ2v) is 4.98. The molecule has 1 aromatic carbocycles. The summed E-state index contributed by atoms with van der Waals surface area (Å²) in [4.78, 5) is 8.08. The van der Waals surface area contributed by atoms with E-state index in [9.17, 15) is 0 Å². The molecule has 0 saturated heterocycles. The van der Waals surface area contributed by atoms with Crippen LogP contribution in [0.2, 0.25) is 0 Å². The van der Waals surface area contributed by atoms with E-state index in [4.69, 9.17) is 10.5 Å². The van der Waals surface area contributed by atoms with E-state index in [1.54, 1.807) is 0 Å². The number of nitrogens with zero attached hydrogens (tertiary/aromatic N) is 2. The van der Waals surface area contributed by atoms with Gasteiger partial charge in [-0.05, 0) is 24.6 Å². The van der Waals surface area contributed by atoms with Crippen molar-refractivity contribution in [2.24, 2.45) is 0 Å². The molecule has 0 aliphatic heterocycles. The Morgan fingerprint density at radius 2 is 1.95 bits per heavy atom. The fraction of sp³-hybridized carbons (Fsp3) is 0.231. The molecule has 1 atom stereocenters. The Balaban J connectivity index is 2.19. The standard InChI is InChI=1S/C13H15BrN4O/c1-8(9-3-5-10(14)6-4-9)18-12-11(15)13(19-2)17-7-16-12/h3-8H,15H2,1-2H3,(H,16,17,18). The number of nitrogens with one attached hydrogen (secondary N) is 1. The van der Waals surface area contributed by atoms with E-state index in [1.807, 2.05) is 31.2 Å². The number of halogens is 1. The molecule has 1 aromatic heterocycles. The SMILES string of the molecule is COc1ncnc(NC(C)c2ccc(Br)cc2)c1N. The van der Waals surface area contributed by atoms with E-state index in [-0.39, 0.29) is 6.04 Å². The van der Waals surface area contributed by atoms with Crippen LogP contribution in [0, 0.1) is 0 Å². The van der Waals surface area contributed by atoms with Gasteiger partial charge in [-0.25, -0.2) is 4.98 Å². The normalized spacial score (nSPS) is 11.9. The predicted octanol–water partition coefficient (Wildman–Crippen LogP) is 3.00. The van der Waals surface area contributed by atoms with Crippen molar-refractivity contribution in [1.82, 2.24) is 9.97 Å². The fourth-order valence-corrected chi connectivity index (χ4v) is 1.96. The highest BCUT2D eigenvalue weighted by Gasteiger charge is 2.12. The molecular formula is C13H15BrN4O. The summed E-state index contributed by atoms with van der Waals surface area (Å²) in [6, 6.07) is 8.15. The summed E-state index contributed by atoms with van der Waals surface area (Å²) in [6.45, 7) is 2.04. The first kappa shape index (κ1) is 13.6. The van der Waals surface area contributed by atoms with Gasteiger partial charge in [0.15, 0.2) is 5.82 Å². The van der Waals surface area contributed by atoms with Crippen molar-refractivity contribution < 1.29 is 4.74 Å². The number of anilines is 2. The first-order valence-electron chi connectivity index (χ1n) is 5.78. The number of benzene rings is 1. The summed E-state index contributed by atoms with van der Waals surface area (Å²) in [5, 5.41) is 3.25. The first-order valence-corrected chi connectivity index (χ1v) is 6.57. The Bertz CT molecular complexity index is 559. The molecule has 0 amide bonds. The van der Waals surface area contributed by atoms with Crippen LogP contribution < -0.4 is 15.8 Å². The maximum Gasteiger partial charge on any atom is 0.242 e. The Morgan fingerprint density at radius 1 is 1.26 bits per heavy atom. The molecule has 0 aliphatic carbocycles. The van der Waals surface area contributed by atoms with Crippen LogP contribution >= 0.6 is 15.9 Å². The van der Waals surface area contributed by atoms with Crippen LogP contribution in [0.3, 0.4) is 0 Å². The van der Waals surface area contributed by atoms with Gasteiger partial charge in [-0.2, -0.15) is 4.98 Å². The lowest BCUT2D eigenvalue weighted by molar-refractivity contribution is 0.399. The molecular weight excluding hydrogens is 308 g/mol. The largest absolute Gasteiger partial charge is 0.479 e. The number of ether oxygens (including phenoxy) is 1. The molecule has 3 N–H and O–H groups in total. The maximum absolute atomic E-state index is 5.92. The summed E-state index contributed by atoms with van der Waals surface area (Å²) < 4.78 is 6.11. The molecule has 1 unspecified atom stereocenters. The molecule has 5 nitrogen and oxygen atoms in total. The van der Waals surface area contributed by atoms with Gasteiger partial charge in [-0.15, -0.1) is 0 Å². The highest BCUT2D eigenvalue weighted by Crippen LogP contribution is 2.27. The number of aromatic nitrogens is 2. The van der Waals surface area contributed by atoms with Crippen molar-refractivity contribution in [3.05, 3.63) is 40.6 Å². The van der Waals surface area contributed by atoms with Crippen LogP contribution in [0.25, 0.3) is 0 Å². The van der Waals surface area contributed by atoms with Crippen molar-refractivity contribution in [3.63, 3.8) is 0 Å². The maximum atomic E-state index is 5.92. The lowest BCUT2D eigenvalue weighted by Gasteiger charge is -2.16. The Morgan fingerprint density at radius 3 is 2.58 bits per heavy atom. The van der Waals surface area contributed by atoms with Crippen LogP contribution in [0.5, 0.6) is 5.88 Å². The lowest BCUT2D eigenvalue weighted by atomic mass is 10.1. The smallest absolute Gasteiger partial charge is 0.242 e. The molecule has 0 fully saturated rings. The minimum atomic E-state index is 0.0787. The molecule has 0 aliphatic rings. The second kappa shape index (κ2) is 5.88. The quantitative estimate of drug-likeness (QED) is 0.905. The van der Waals surface area contributed by atoms with Gasteiger partial charge in [0.2, 0.25) is 5.88 Å². The third-order valence-corrected chi connectivity index (χ3v) is 3.29. The third kappa shape index (κ3) is 3.14. The van der Waals surface area contributed by atoms with Crippen molar-refractivity contribution in [1.29, 1.82) is 0 Å². The van der Waals surface area contributed by atoms with Crippen molar-refractivity contribution in [2.75, 3.05) is 18.2 Å². The topological polar surface area (TPSA) is 73.1 Å². The molecule has 0 radical (unpaired) electrons. The lowest BCUT2D eigenvalue weighted by Crippen LogP contribution is -2.11. The minimum absolute atomic E-state index is 0.0787. The number of methoxy groups -OCH3 is 1. The zero-order valence-corrected chi connectivity index (χ0v) is 12.3. The van der Waals surface area contributed by atoms with Gasteiger partial charge in [0, 0.05) is 4.47 Å². The fourth-order valence-electron chi connectivity index (χ4n) is 1.70. The summed E-state index contributed by atoms with van der Waals surface area (Å²) in [5.74, 6) is 0.947. The minimum Gasteiger partial charge on any atom is -0.479 e. The summed E-state index contributed by atoms with van der Waals surface area (Å²) >= 11 is 3.41. The van der Waals surface area contributed by atoms with Crippen LogP contribution in [0.15, 0.2) is 35.1 Å². The third-order valence-electron chi connectivity index (χ3n) is 2.76. The molecule has 1 heterocycles. The van der Waals surface area contributed by atoms with Gasteiger partial charge in [-0.3, -0.25) is 0 Å². The van der Waals surface area contributed by atoms with E-state index < -0.39 is 0 Å². The molecule has 0 spiro atoms. The van der Waals surface area contributed by atoms with Crippen LogP contribution in [0.1, 0.15) is 18.5 Å². The predicted molar refractivity (Wildman–Crippen MR) is 79.2 cm³/mol. The Kier molecular flexibility index (Phi) is 4.21. The summed E-state index contributed by atoms with van der Waals surface area (Å²) in [6.07, 6.45) is 1.42. The first-order chi connectivity index (χ1) is 9.11. The zero-order chi connectivity index (χ0) is 13.8. The summed E-state index contributed by atoms with van der Waals surface area (Å²) in [7, 11) is 1.53. The highest BCUT2D eigenvalue weighted by atomic mass is 79.9. The highest BCUT2D eigenvalue weighted by molar-refractivity contribution is 9.10. The van der Waals surface area contributed by atoms with Gasteiger partial charge >= 0.3 is 0 Å². The van der Waals surface area contributed by atoms with Gasteiger partial charge in [0.05, 0.1) is 13.2 Å². The average Bonchev–Trinajstić information content (AvgIpc) is 2.42. The van der Waals surface area contributed by atoms with E-state index in [1.165, 1.54) is 13.4 Å². The molecule has 0 saturated carbocycles. The molecule has 6 heteroatoms. The van der Waals surface area contributed by atoms with E-state index in [0.717, 1.165) is 10.0 Å². The Labute approximate surface area is 120 Å². The summed E-state index contributed by atoms with van der Waals surface area (Å²) in [5.41, 5.74) is 7.47. The molecule has 19 heavy (non-hydrogen) atoms. The van der Waals surface area contributed by atoms with Gasteiger partial charge in [0.1, 0.15) is 12.0 Å².